The van der Waals surface area contributed by atoms with Gasteiger partial charge in [0.05, 0.1) is 12.5 Å². The lowest BCUT2D eigenvalue weighted by atomic mass is 9.70. The zero-order chi connectivity index (χ0) is 10.9. The van der Waals surface area contributed by atoms with E-state index in [-0.39, 0.29) is 11.4 Å². The minimum absolute atomic E-state index is 0.0955. The lowest BCUT2D eigenvalue weighted by Crippen LogP contribution is -2.37. The third-order valence-corrected chi connectivity index (χ3v) is 3.76. The second-order valence-electron chi connectivity index (χ2n) is 4.96. The average molecular weight is 210 g/mol. The Morgan fingerprint density at radius 3 is 2.47 bits per heavy atom. The van der Waals surface area contributed by atoms with Crippen LogP contribution in [0.2, 0.25) is 0 Å². The molecule has 0 heterocycles. The molecule has 3 nitrogen and oxygen atoms in total. The molecule has 0 N–H and O–H groups in total. The maximum atomic E-state index is 11.8. The van der Waals surface area contributed by atoms with Crippen molar-refractivity contribution in [3.8, 4) is 0 Å². The van der Waals surface area contributed by atoms with E-state index in [0.717, 1.165) is 6.42 Å². The van der Waals surface area contributed by atoms with E-state index in [2.05, 4.69) is 0 Å². The molecule has 0 unspecified atom stereocenters. The number of carbonyl (C=O) groups excluding carboxylic acids is 2. The Bertz CT molecular complexity index is 269. The van der Waals surface area contributed by atoms with E-state index >= 15 is 0 Å². The van der Waals surface area contributed by atoms with E-state index in [1.54, 1.807) is 0 Å². The molecule has 0 aromatic rings. The summed E-state index contributed by atoms with van der Waals surface area (Å²) in [5.41, 5.74) is -0.330. The maximum absolute atomic E-state index is 11.8. The largest absolute Gasteiger partial charge is 0.469 e. The predicted octanol–water partition coefficient (Wildman–Crippen LogP) is 2.09. The molecular weight excluding hydrogens is 192 g/mol. The third-order valence-electron chi connectivity index (χ3n) is 3.76. The molecule has 2 rings (SSSR count). The van der Waals surface area contributed by atoms with E-state index in [9.17, 15) is 9.59 Å². The van der Waals surface area contributed by atoms with Crippen LogP contribution < -0.4 is 0 Å². The molecule has 0 spiro atoms. The van der Waals surface area contributed by atoms with Crippen molar-refractivity contribution in [3.63, 3.8) is 0 Å². The molecule has 0 saturated heterocycles. The molecule has 0 aromatic carbocycles. The monoisotopic (exact) mass is 210 g/mol. The van der Waals surface area contributed by atoms with Gasteiger partial charge < -0.3 is 4.74 Å². The van der Waals surface area contributed by atoms with Gasteiger partial charge in [0.2, 0.25) is 0 Å². The van der Waals surface area contributed by atoms with Gasteiger partial charge in [-0.3, -0.25) is 9.59 Å². The summed E-state index contributed by atoms with van der Waals surface area (Å²) < 4.78 is 4.91. The summed E-state index contributed by atoms with van der Waals surface area (Å²) in [6.45, 7) is 0. The molecule has 2 aliphatic rings. The molecule has 2 fully saturated rings. The Kier molecular flexibility index (Phi) is 2.81. The van der Waals surface area contributed by atoms with Gasteiger partial charge in [-0.05, 0) is 25.2 Å². The number of carbonyl (C=O) groups is 2. The highest BCUT2D eigenvalue weighted by Crippen LogP contribution is 2.47. The first-order valence-corrected chi connectivity index (χ1v) is 5.76. The Labute approximate surface area is 90.2 Å². The standard InChI is InChI=1S/C12H18O3/c1-15-11(14)12(8-9-2-3-9)6-4-10(13)5-7-12/h9H,2-8H2,1H3. The number of rotatable bonds is 3. The molecular formula is C12H18O3. The van der Waals surface area contributed by atoms with Gasteiger partial charge in [0, 0.05) is 12.8 Å². The van der Waals surface area contributed by atoms with E-state index in [1.165, 1.54) is 20.0 Å². The predicted molar refractivity (Wildman–Crippen MR) is 55.3 cm³/mol. The fraction of sp³-hybridized carbons (Fsp3) is 0.833. The number of ether oxygens (including phenoxy) is 1. The van der Waals surface area contributed by atoms with Crippen LogP contribution in [0, 0.1) is 11.3 Å². The highest BCUT2D eigenvalue weighted by Gasteiger charge is 2.45. The van der Waals surface area contributed by atoms with Crippen molar-refractivity contribution in [1.29, 1.82) is 0 Å². The van der Waals surface area contributed by atoms with E-state index in [0.29, 0.717) is 37.4 Å². The van der Waals surface area contributed by atoms with Crippen LogP contribution in [0.4, 0.5) is 0 Å². The number of hydrogen-bond donors (Lipinski definition) is 0. The van der Waals surface area contributed by atoms with Crippen molar-refractivity contribution < 1.29 is 14.3 Å². The quantitative estimate of drug-likeness (QED) is 0.670. The Hall–Kier alpha value is -0.860. The van der Waals surface area contributed by atoms with Crippen LogP contribution in [0.15, 0.2) is 0 Å². The fourth-order valence-electron chi connectivity index (χ4n) is 2.59. The fourth-order valence-corrected chi connectivity index (χ4v) is 2.59. The summed E-state index contributed by atoms with van der Waals surface area (Å²) in [4.78, 5) is 23.0. The van der Waals surface area contributed by atoms with Crippen molar-refractivity contribution in [1.82, 2.24) is 0 Å². The summed E-state index contributed by atoms with van der Waals surface area (Å²) in [6, 6.07) is 0. The Balaban J connectivity index is 2.06. The van der Waals surface area contributed by atoms with Crippen LogP contribution in [0.25, 0.3) is 0 Å². The van der Waals surface area contributed by atoms with Crippen LogP contribution >= 0.6 is 0 Å². The highest BCUT2D eigenvalue weighted by molar-refractivity contribution is 5.84. The van der Waals surface area contributed by atoms with Crippen LogP contribution in [0.1, 0.15) is 44.9 Å². The first kappa shape index (κ1) is 10.7. The third kappa shape index (κ3) is 2.21. The summed E-state index contributed by atoms with van der Waals surface area (Å²) in [5, 5.41) is 0. The first-order valence-electron chi connectivity index (χ1n) is 5.76. The van der Waals surface area contributed by atoms with Gasteiger partial charge in [-0.2, -0.15) is 0 Å². The van der Waals surface area contributed by atoms with Crippen molar-refractivity contribution in [2.75, 3.05) is 7.11 Å². The van der Waals surface area contributed by atoms with Crippen molar-refractivity contribution in [2.45, 2.75) is 44.9 Å². The van der Waals surface area contributed by atoms with Crippen molar-refractivity contribution in [3.05, 3.63) is 0 Å². The van der Waals surface area contributed by atoms with Gasteiger partial charge in [0.25, 0.3) is 0 Å². The number of hydrogen-bond acceptors (Lipinski definition) is 3. The molecule has 2 aliphatic carbocycles. The molecule has 0 aliphatic heterocycles. The highest BCUT2D eigenvalue weighted by atomic mass is 16.5. The summed E-state index contributed by atoms with van der Waals surface area (Å²) in [6.07, 6.45) is 5.94. The van der Waals surface area contributed by atoms with Crippen LogP contribution in [-0.4, -0.2) is 18.9 Å². The van der Waals surface area contributed by atoms with Gasteiger partial charge in [0.15, 0.2) is 0 Å². The normalized spacial score (nSPS) is 25.0. The molecule has 0 atom stereocenters. The smallest absolute Gasteiger partial charge is 0.311 e. The topological polar surface area (TPSA) is 43.4 Å². The van der Waals surface area contributed by atoms with E-state index < -0.39 is 0 Å². The molecule has 15 heavy (non-hydrogen) atoms. The van der Waals surface area contributed by atoms with Crippen LogP contribution in [-0.2, 0) is 14.3 Å². The molecule has 2 saturated carbocycles. The zero-order valence-electron chi connectivity index (χ0n) is 9.25. The Morgan fingerprint density at radius 1 is 1.40 bits per heavy atom. The van der Waals surface area contributed by atoms with Gasteiger partial charge in [-0.25, -0.2) is 0 Å². The summed E-state index contributed by atoms with van der Waals surface area (Å²) in [5.74, 6) is 0.907. The molecule has 0 aromatic heterocycles. The van der Waals surface area contributed by atoms with E-state index in [1.807, 2.05) is 0 Å². The van der Waals surface area contributed by atoms with Crippen molar-refractivity contribution in [2.24, 2.45) is 11.3 Å². The van der Waals surface area contributed by atoms with Crippen molar-refractivity contribution >= 4 is 11.8 Å². The van der Waals surface area contributed by atoms with Gasteiger partial charge in [-0.15, -0.1) is 0 Å². The maximum Gasteiger partial charge on any atom is 0.311 e. The lowest BCUT2D eigenvalue weighted by molar-refractivity contribution is -0.156. The number of ketones is 1. The number of methoxy groups -OCH3 is 1. The SMILES string of the molecule is COC(=O)C1(CC2CC2)CCC(=O)CC1. The second kappa shape index (κ2) is 3.95. The van der Waals surface area contributed by atoms with E-state index in [4.69, 9.17) is 4.74 Å². The minimum atomic E-state index is -0.330. The summed E-state index contributed by atoms with van der Waals surface area (Å²) >= 11 is 0. The van der Waals surface area contributed by atoms with Gasteiger partial charge in [-0.1, -0.05) is 12.8 Å². The number of esters is 1. The van der Waals surface area contributed by atoms with Crippen LogP contribution in [0.3, 0.4) is 0 Å². The van der Waals surface area contributed by atoms with Crippen LogP contribution in [0.5, 0.6) is 0 Å². The molecule has 0 amide bonds. The second-order valence-corrected chi connectivity index (χ2v) is 4.96. The van der Waals surface area contributed by atoms with Gasteiger partial charge in [0.1, 0.15) is 5.78 Å². The molecule has 0 bridgehead atoms. The number of Topliss-reactive ketones (excluding diaryl/α,β-unsaturated/α-hetero) is 1. The molecule has 3 heteroatoms. The zero-order valence-corrected chi connectivity index (χ0v) is 9.25. The molecule has 84 valence electrons. The lowest BCUT2D eigenvalue weighted by Gasteiger charge is -2.34. The van der Waals surface area contributed by atoms with Gasteiger partial charge >= 0.3 is 5.97 Å². The average Bonchev–Trinajstić information content (AvgIpc) is 3.04. The first-order chi connectivity index (χ1) is 7.16. The molecule has 0 radical (unpaired) electrons. The summed E-state index contributed by atoms with van der Waals surface area (Å²) in [7, 11) is 1.45. The minimum Gasteiger partial charge on any atom is -0.469 e. The Morgan fingerprint density at radius 2 is 2.00 bits per heavy atom.